The highest BCUT2D eigenvalue weighted by molar-refractivity contribution is 6.41. The number of nitrogens with two attached hydrogens (primary N) is 1. The Bertz CT molecular complexity index is 870. The zero-order chi connectivity index (χ0) is 13.7. The Hall–Kier alpha value is -2.31. The van der Waals surface area contributed by atoms with E-state index >= 15 is 0 Å². The maximum Gasteiger partial charge on any atom is 0.240 e. The average molecular weight is 290 g/mol. The van der Waals surface area contributed by atoms with E-state index in [1.165, 1.54) is 0 Å². The third-order valence-electron chi connectivity index (χ3n) is 3.13. The fraction of sp³-hybridized carbons (Fsp3) is 0.0769. The quantitative estimate of drug-likeness (QED) is 0.608. The molecule has 4 rings (SSSR count). The summed E-state index contributed by atoms with van der Waals surface area (Å²) in [6, 6.07) is 3.56. The monoisotopic (exact) mass is 289 g/mol. The third kappa shape index (κ3) is 1.43. The van der Waals surface area contributed by atoms with Crippen LogP contribution in [0.3, 0.4) is 0 Å². The second-order valence-electron chi connectivity index (χ2n) is 4.23. The molecule has 0 aliphatic carbocycles. The van der Waals surface area contributed by atoms with Gasteiger partial charge in [-0.25, -0.2) is 0 Å². The van der Waals surface area contributed by atoms with Gasteiger partial charge in [-0.3, -0.25) is 0 Å². The van der Waals surface area contributed by atoms with E-state index in [2.05, 4.69) is 10.1 Å². The zero-order valence-corrected chi connectivity index (χ0v) is 10.8. The zero-order valence-electron chi connectivity index (χ0n) is 10.1. The van der Waals surface area contributed by atoms with E-state index in [0.29, 0.717) is 33.5 Å². The van der Waals surface area contributed by atoms with Crippen molar-refractivity contribution in [2.24, 2.45) is 5.73 Å². The molecule has 1 aromatic carbocycles. The van der Waals surface area contributed by atoms with Crippen LogP contribution in [0.1, 0.15) is 5.89 Å². The molecule has 0 bridgehead atoms. The van der Waals surface area contributed by atoms with Crippen molar-refractivity contribution in [3.05, 3.63) is 35.6 Å². The molecule has 7 heteroatoms. The minimum atomic E-state index is 0.177. The van der Waals surface area contributed by atoms with Gasteiger partial charge in [-0.1, -0.05) is 16.8 Å². The average Bonchev–Trinajstić information content (AvgIpc) is 3.19. The topological polar surface area (TPSA) is 91.2 Å². The highest BCUT2D eigenvalue weighted by atomic mass is 35.5. The van der Waals surface area contributed by atoms with Gasteiger partial charge in [0.15, 0.2) is 5.58 Å². The second-order valence-corrected chi connectivity index (χ2v) is 4.61. The maximum absolute atomic E-state index is 6.31. The van der Waals surface area contributed by atoms with Crippen LogP contribution in [0.25, 0.3) is 33.3 Å². The molecule has 0 saturated heterocycles. The van der Waals surface area contributed by atoms with Gasteiger partial charge < -0.3 is 19.1 Å². The SMILES string of the molecule is NCc1nc(-c2c3ccoc3c(Cl)c3ccoc23)no1. The highest BCUT2D eigenvalue weighted by Crippen LogP contribution is 2.41. The fourth-order valence-corrected chi connectivity index (χ4v) is 2.55. The van der Waals surface area contributed by atoms with Crippen LogP contribution in [0.2, 0.25) is 5.02 Å². The van der Waals surface area contributed by atoms with Gasteiger partial charge in [0.25, 0.3) is 0 Å². The first kappa shape index (κ1) is 11.5. The van der Waals surface area contributed by atoms with Gasteiger partial charge in [0.2, 0.25) is 11.7 Å². The summed E-state index contributed by atoms with van der Waals surface area (Å²) in [5.41, 5.74) is 7.33. The number of furan rings is 2. The van der Waals surface area contributed by atoms with Crippen molar-refractivity contribution < 1.29 is 13.4 Å². The van der Waals surface area contributed by atoms with Crippen molar-refractivity contribution in [3.8, 4) is 11.4 Å². The first-order valence-corrected chi connectivity index (χ1v) is 6.26. The van der Waals surface area contributed by atoms with E-state index < -0.39 is 0 Å². The van der Waals surface area contributed by atoms with Crippen LogP contribution in [0, 0.1) is 0 Å². The predicted molar refractivity (Wildman–Crippen MR) is 72.2 cm³/mol. The lowest BCUT2D eigenvalue weighted by atomic mass is 10.1. The fourth-order valence-electron chi connectivity index (χ4n) is 2.26. The van der Waals surface area contributed by atoms with Crippen molar-refractivity contribution in [1.82, 2.24) is 10.1 Å². The van der Waals surface area contributed by atoms with Crippen molar-refractivity contribution >= 4 is 33.5 Å². The van der Waals surface area contributed by atoms with Crippen LogP contribution in [0.4, 0.5) is 0 Å². The molecule has 6 nitrogen and oxygen atoms in total. The molecular weight excluding hydrogens is 282 g/mol. The molecule has 0 amide bonds. The maximum atomic E-state index is 6.31. The lowest BCUT2D eigenvalue weighted by Crippen LogP contribution is -1.95. The summed E-state index contributed by atoms with van der Waals surface area (Å²) in [5, 5.41) is 5.94. The lowest BCUT2D eigenvalue weighted by Gasteiger charge is -2.01. The summed E-state index contributed by atoms with van der Waals surface area (Å²) in [7, 11) is 0. The normalized spacial score (nSPS) is 11.7. The van der Waals surface area contributed by atoms with E-state index in [1.807, 2.05) is 0 Å². The Labute approximate surface area is 117 Å². The molecule has 0 atom stereocenters. The molecule has 0 radical (unpaired) electrons. The number of benzene rings is 1. The lowest BCUT2D eigenvalue weighted by molar-refractivity contribution is 0.380. The number of nitrogens with zero attached hydrogens (tertiary/aromatic N) is 2. The molecule has 20 heavy (non-hydrogen) atoms. The Morgan fingerprint density at radius 3 is 2.60 bits per heavy atom. The summed E-state index contributed by atoms with van der Waals surface area (Å²) in [5.74, 6) is 0.750. The molecule has 0 aliphatic rings. The Kier molecular flexibility index (Phi) is 2.35. The van der Waals surface area contributed by atoms with Crippen LogP contribution in [-0.4, -0.2) is 10.1 Å². The predicted octanol–water partition coefficient (Wildman–Crippen LogP) is 3.34. The van der Waals surface area contributed by atoms with Crippen molar-refractivity contribution in [2.75, 3.05) is 0 Å². The van der Waals surface area contributed by atoms with Crippen LogP contribution in [0.5, 0.6) is 0 Å². The Balaban J connectivity index is 2.16. The molecular formula is C13H8ClN3O3. The van der Waals surface area contributed by atoms with E-state index in [1.54, 1.807) is 24.7 Å². The number of hydrogen-bond acceptors (Lipinski definition) is 6. The largest absolute Gasteiger partial charge is 0.463 e. The summed E-state index contributed by atoms with van der Waals surface area (Å²) in [4.78, 5) is 4.24. The molecule has 0 fully saturated rings. The molecule has 100 valence electrons. The standard InChI is InChI=1S/C13H8ClN3O3/c14-10-7-2-4-18-11(7)9(6-1-3-19-12(6)10)13-16-8(5-15)20-17-13/h1-4H,5,15H2. The van der Waals surface area contributed by atoms with E-state index in [0.717, 1.165) is 10.8 Å². The van der Waals surface area contributed by atoms with Crippen LogP contribution < -0.4 is 5.73 Å². The molecule has 2 N–H and O–H groups in total. The van der Waals surface area contributed by atoms with Gasteiger partial charge in [-0.05, 0) is 12.1 Å². The number of fused-ring (bicyclic) bond motifs is 2. The van der Waals surface area contributed by atoms with E-state index in [9.17, 15) is 0 Å². The summed E-state index contributed by atoms with van der Waals surface area (Å²) < 4.78 is 16.0. The van der Waals surface area contributed by atoms with Crippen LogP contribution >= 0.6 is 11.6 Å². The molecule has 3 heterocycles. The number of aromatic nitrogens is 2. The minimum absolute atomic E-state index is 0.177. The molecule has 4 aromatic rings. The van der Waals surface area contributed by atoms with E-state index in [-0.39, 0.29) is 6.54 Å². The second kappa shape index (κ2) is 4.09. The van der Waals surface area contributed by atoms with Crippen LogP contribution in [0.15, 0.2) is 38.0 Å². The summed E-state index contributed by atoms with van der Waals surface area (Å²) in [6.45, 7) is 0.177. The smallest absolute Gasteiger partial charge is 0.240 e. The van der Waals surface area contributed by atoms with Crippen molar-refractivity contribution in [2.45, 2.75) is 6.54 Å². The minimum Gasteiger partial charge on any atom is -0.463 e. The molecule has 0 aliphatic heterocycles. The van der Waals surface area contributed by atoms with E-state index in [4.69, 9.17) is 30.7 Å². The van der Waals surface area contributed by atoms with Gasteiger partial charge in [-0.2, -0.15) is 4.98 Å². The number of hydrogen-bond donors (Lipinski definition) is 1. The summed E-state index contributed by atoms with van der Waals surface area (Å²) in [6.07, 6.45) is 3.12. The molecule has 0 spiro atoms. The first-order chi connectivity index (χ1) is 9.79. The Morgan fingerprint density at radius 2 is 1.85 bits per heavy atom. The van der Waals surface area contributed by atoms with Gasteiger partial charge in [0.05, 0.1) is 29.7 Å². The van der Waals surface area contributed by atoms with Gasteiger partial charge in [-0.15, -0.1) is 0 Å². The van der Waals surface area contributed by atoms with Gasteiger partial charge in [0, 0.05) is 10.8 Å². The van der Waals surface area contributed by atoms with Crippen molar-refractivity contribution in [3.63, 3.8) is 0 Å². The Morgan fingerprint density at radius 1 is 1.10 bits per heavy atom. The van der Waals surface area contributed by atoms with Crippen molar-refractivity contribution in [1.29, 1.82) is 0 Å². The third-order valence-corrected chi connectivity index (χ3v) is 3.50. The summed E-state index contributed by atoms with van der Waals surface area (Å²) >= 11 is 6.31. The highest BCUT2D eigenvalue weighted by Gasteiger charge is 2.22. The molecule has 0 saturated carbocycles. The molecule has 0 unspecified atom stereocenters. The van der Waals surface area contributed by atoms with Gasteiger partial charge >= 0.3 is 0 Å². The number of rotatable bonds is 2. The van der Waals surface area contributed by atoms with Crippen LogP contribution in [-0.2, 0) is 6.54 Å². The first-order valence-electron chi connectivity index (χ1n) is 5.88. The number of halogens is 1. The van der Waals surface area contributed by atoms with Gasteiger partial charge in [0.1, 0.15) is 5.58 Å². The molecule has 3 aromatic heterocycles.